The number of pyridine rings is 1. The zero-order chi connectivity index (χ0) is 18.6. The van der Waals surface area contributed by atoms with E-state index in [1.807, 2.05) is 42.5 Å². The van der Waals surface area contributed by atoms with Crippen molar-refractivity contribution < 1.29 is 0 Å². The molecule has 0 radical (unpaired) electrons. The number of thioether (sulfide) groups is 1. The molecule has 0 spiro atoms. The molecular formula is C23H22N2S. The fourth-order valence-electron chi connectivity index (χ4n) is 2.66. The van der Waals surface area contributed by atoms with Crippen LogP contribution in [0.1, 0.15) is 37.5 Å². The van der Waals surface area contributed by atoms with Crippen LogP contribution in [0.3, 0.4) is 0 Å². The van der Waals surface area contributed by atoms with Crippen LogP contribution in [-0.2, 0) is 11.2 Å². The van der Waals surface area contributed by atoms with Crippen LogP contribution in [-0.4, -0.2) is 4.98 Å². The van der Waals surface area contributed by atoms with Gasteiger partial charge in [0.25, 0.3) is 0 Å². The Labute approximate surface area is 159 Å². The minimum absolute atomic E-state index is 0.158. The van der Waals surface area contributed by atoms with Crippen molar-refractivity contribution in [1.82, 2.24) is 4.98 Å². The maximum absolute atomic E-state index is 9.40. The van der Waals surface area contributed by atoms with E-state index in [4.69, 9.17) is 4.98 Å². The van der Waals surface area contributed by atoms with E-state index >= 15 is 0 Å². The van der Waals surface area contributed by atoms with Crippen LogP contribution in [0.5, 0.6) is 0 Å². The first-order valence-electron chi connectivity index (χ1n) is 8.66. The Morgan fingerprint density at radius 1 is 0.923 bits per heavy atom. The summed E-state index contributed by atoms with van der Waals surface area (Å²) >= 11 is 1.61. The zero-order valence-electron chi connectivity index (χ0n) is 15.4. The molecule has 0 fully saturated rings. The average Bonchev–Trinajstić information content (AvgIpc) is 2.66. The van der Waals surface area contributed by atoms with Gasteiger partial charge in [-0.2, -0.15) is 5.26 Å². The van der Waals surface area contributed by atoms with Crippen molar-refractivity contribution in [3.05, 3.63) is 83.4 Å². The molecule has 0 aliphatic rings. The molecule has 130 valence electrons. The van der Waals surface area contributed by atoms with Gasteiger partial charge in [-0.05, 0) is 28.7 Å². The summed E-state index contributed by atoms with van der Waals surface area (Å²) in [4.78, 5) is 4.73. The summed E-state index contributed by atoms with van der Waals surface area (Å²) in [6, 6.07) is 24.8. The Kier molecular flexibility index (Phi) is 5.44. The van der Waals surface area contributed by atoms with Crippen molar-refractivity contribution in [2.45, 2.75) is 37.0 Å². The van der Waals surface area contributed by atoms with E-state index in [0.717, 1.165) is 22.0 Å². The highest BCUT2D eigenvalue weighted by atomic mass is 32.2. The van der Waals surface area contributed by atoms with Gasteiger partial charge in [-0.15, -0.1) is 11.8 Å². The van der Waals surface area contributed by atoms with Crippen molar-refractivity contribution in [2.24, 2.45) is 0 Å². The number of hydrogen-bond acceptors (Lipinski definition) is 3. The van der Waals surface area contributed by atoms with E-state index in [9.17, 15) is 5.26 Å². The molecule has 0 aliphatic heterocycles. The SMILES string of the molecule is CC(C)(C)c1ccc(CSc2nc(-c3ccccc3)ccc2C#N)cc1. The third-order valence-electron chi connectivity index (χ3n) is 4.25. The van der Waals surface area contributed by atoms with Gasteiger partial charge in [0.05, 0.1) is 11.3 Å². The third-order valence-corrected chi connectivity index (χ3v) is 5.31. The molecule has 2 nitrogen and oxygen atoms in total. The number of nitriles is 1. The van der Waals surface area contributed by atoms with Crippen LogP contribution < -0.4 is 0 Å². The molecular weight excluding hydrogens is 336 g/mol. The Morgan fingerprint density at radius 2 is 1.62 bits per heavy atom. The van der Waals surface area contributed by atoms with Crippen molar-refractivity contribution >= 4 is 11.8 Å². The predicted molar refractivity (Wildman–Crippen MR) is 109 cm³/mol. The summed E-state index contributed by atoms with van der Waals surface area (Å²) in [5.74, 6) is 0.796. The van der Waals surface area contributed by atoms with Crippen molar-refractivity contribution in [3.63, 3.8) is 0 Å². The number of hydrogen-bond donors (Lipinski definition) is 0. The van der Waals surface area contributed by atoms with E-state index in [1.165, 1.54) is 11.1 Å². The van der Waals surface area contributed by atoms with Crippen molar-refractivity contribution in [1.29, 1.82) is 5.26 Å². The van der Waals surface area contributed by atoms with Crippen LogP contribution in [0, 0.1) is 11.3 Å². The molecule has 1 aromatic heterocycles. The second-order valence-corrected chi connectivity index (χ2v) is 8.23. The Morgan fingerprint density at radius 3 is 2.23 bits per heavy atom. The van der Waals surface area contributed by atoms with E-state index in [2.05, 4.69) is 51.1 Å². The highest BCUT2D eigenvalue weighted by molar-refractivity contribution is 7.98. The fourth-order valence-corrected chi connectivity index (χ4v) is 3.59. The van der Waals surface area contributed by atoms with Gasteiger partial charge in [-0.3, -0.25) is 0 Å². The number of rotatable bonds is 4. The summed E-state index contributed by atoms with van der Waals surface area (Å²) in [7, 11) is 0. The van der Waals surface area contributed by atoms with Gasteiger partial charge in [0, 0.05) is 11.3 Å². The highest BCUT2D eigenvalue weighted by Gasteiger charge is 2.13. The van der Waals surface area contributed by atoms with Crippen LogP contribution in [0.25, 0.3) is 11.3 Å². The molecule has 0 atom stereocenters. The van der Waals surface area contributed by atoms with E-state index in [0.29, 0.717) is 5.56 Å². The zero-order valence-corrected chi connectivity index (χ0v) is 16.2. The molecule has 0 bridgehead atoms. The maximum Gasteiger partial charge on any atom is 0.115 e. The van der Waals surface area contributed by atoms with E-state index in [-0.39, 0.29) is 5.41 Å². The Balaban J connectivity index is 1.80. The van der Waals surface area contributed by atoms with Gasteiger partial charge >= 0.3 is 0 Å². The lowest BCUT2D eigenvalue weighted by atomic mass is 9.87. The van der Waals surface area contributed by atoms with Crippen LogP contribution in [0.15, 0.2) is 71.8 Å². The number of aromatic nitrogens is 1. The molecule has 0 saturated heterocycles. The number of benzene rings is 2. The van der Waals surface area contributed by atoms with Crippen molar-refractivity contribution in [2.75, 3.05) is 0 Å². The van der Waals surface area contributed by atoms with Crippen LogP contribution >= 0.6 is 11.8 Å². The van der Waals surface area contributed by atoms with Gasteiger partial charge in [0.1, 0.15) is 11.1 Å². The van der Waals surface area contributed by atoms with E-state index in [1.54, 1.807) is 11.8 Å². The standard InChI is InChI=1S/C23H22N2S/c1-23(2,3)20-12-9-17(10-13-20)16-26-22-19(15-24)11-14-21(25-22)18-7-5-4-6-8-18/h4-14H,16H2,1-3H3. The summed E-state index contributed by atoms with van der Waals surface area (Å²) < 4.78 is 0. The third kappa shape index (κ3) is 4.33. The molecule has 2 aromatic carbocycles. The lowest BCUT2D eigenvalue weighted by Gasteiger charge is -2.19. The van der Waals surface area contributed by atoms with Gasteiger partial charge in [-0.1, -0.05) is 75.4 Å². The quantitative estimate of drug-likeness (QED) is 0.520. The van der Waals surface area contributed by atoms with Gasteiger partial charge in [0.2, 0.25) is 0 Å². The van der Waals surface area contributed by atoms with E-state index < -0.39 is 0 Å². The topological polar surface area (TPSA) is 36.7 Å². The minimum atomic E-state index is 0.158. The highest BCUT2D eigenvalue weighted by Crippen LogP contribution is 2.29. The second kappa shape index (κ2) is 7.76. The Bertz CT molecular complexity index is 917. The molecule has 0 aliphatic carbocycles. The molecule has 0 unspecified atom stereocenters. The maximum atomic E-state index is 9.40. The lowest BCUT2D eigenvalue weighted by Crippen LogP contribution is -2.10. The smallest absolute Gasteiger partial charge is 0.115 e. The van der Waals surface area contributed by atoms with Gasteiger partial charge in [0.15, 0.2) is 0 Å². The molecule has 26 heavy (non-hydrogen) atoms. The summed E-state index contributed by atoms with van der Waals surface area (Å²) in [6.45, 7) is 6.65. The molecule has 0 saturated carbocycles. The Hall–Kier alpha value is -2.57. The molecule has 3 aromatic rings. The van der Waals surface area contributed by atoms with Crippen LogP contribution in [0.4, 0.5) is 0 Å². The first kappa shape index (κ1) is 18.2. The second-order valence-electron chi connectivity index (χ2n) is 7.26. The largest absolute Gasteiger partial charge is 0.240 e. The molecule has 3 heteroatoms. The average molecular weight is 359 g/mol. The first-order valence-corrected chi connectivity index (χ1v) is 9.65. The van der Waals surface area contributed by atoms with Crippen molar-refractivity contribution in [3.8, 4) is 17.3 Å². The predicted octanol–water partition coefficient (Wildman–Crippen LogP) is 6.21. The lowest BCUT2D eigenvalue weighted by molar-refractivity contribution is 0.590. The molecule has 0 amide bonds. The normalized spacial score (nSPS) is 11.2. The summed E-state index contributed by atoms with van der Waals surface area (Å²) in [5.41, 5.74) is 5.31. The molecule has 1 heterocycles. The van der Waals surface area contributed by atoms with Gasteiger partial charge in [-0.25, -0.2) is 4.98 Å². The summed E-state index contributed by atoms with van der Waals surface area (Å²) in [5, 5.41) is 10.2. The van der Waals surface area contributed by atoms with Gasteiger partial charge < -0.3 is 0 Å². The molecule has 0 N–H and O–H groups in total. The monoisotopic (exact) mass is 358 g/mol. The minimum Gasteiger partial charge on any atom is -0.240 e. The number of nitrogens with zero attached hydrogens (tertiary/aromatic N) is 2. The fraction of sp³-hybridized carbons (Fsp3) is 0.217. The van der Waals surface area contributed by atoms with Crippen LogP contribution in [0.2, 0.25) is 0 Å². The first-order chi connectivity index (χ1) is 12.5. The summed E-state index contributed by atoms with van der Waals surface area (Å²) in [6.07, 6.45) is 0. The molecule has 3 rings (SSSR count).